The Morgan fingerprint density at radius 1 is 1.03 bits per heavy atom. The van der Waals surface area contributed by atoms with Crippen LogP contribution in [0.15, 0.2) is 97.8 Å². The number of allylic oxidation sites excluding steroid dienone is 4. The van der Waals surface area contributed by atoms with Gasteiger partial charge in [0.05, 0.1) is 5.56 Å². The summed E-state index contributed by atoms with van der Waals surface area (Å²) in [5.41, 5.74) is 4.02. The number of phenols is 1. The second kappa shape index (κ2) is 7.76. The number of aromatic hydroxyl groups is 1. The van der Waals surface area contributed by atoms with Crippen LogP contribution in [-0.4, -0.2) is 20.7 Å². The summed E-state index contributed by atoms with van der Waals surface area (Å²) in [6, 6.07) is 16.4. The molecule has 0 radical (unpaired) electrons. The van der Waals surface area contributed by atoms with Crippen LogP contribution in [0.4, 0.5) is 0 Å². The Morgan fingerprint density at radius 2 is 1.80 bits per heavy atom. The first kappa shape index (κ1) is 19.3. The summed E-state index contributed by atoms with van der Waals surface area (Å²) in [6.07, 6.45) is 7.49. The number of fused-ring (bicyclic) bond motifs is 2. The molecule has 1 aromatic heterocycles. The molecule has 148 valence electrons. The molecule has 0 amide bonds. The van der Waals surface area contributed by atoms with Gasteiger partial charge in [0.15, 0.2) is 0 Å². The third kappa shape index (κ3) is 3.63. The van der Waals surface area contributed by atoms with Crippen molar-refractivity contribution < 1.29 is 15.0 Å². The predicted octanol–water partition coefficient (Wildman–Crippen LogP) is 6.16. The molecule has 0 saturated carbocycles. The van der Waals surface area contributed by atoms with E-state index in [0.29, 0.717) is 6.54 Å². The van der Waals surface area contributed by atoms with E-state index in [1.165, 1.54) is 0 Å². The molecule has 1 heterocycles. The molecule has 0 aliphatic rings. The minimum atomic E-state index is -0.956. The fraction of sp³-hybridized carbons (Fsp3) is 0.0385. The first-order valence-corrected chi connectivity index (χ1v) is 9.52. The van der Waals surface area contributed by atoms with E-state index in [-0.39, 0.29) is 11.3 Å². The minimum Gasteiger partial charge on any atom is -0.508 e. The first-order valence-electron chi connectivity index (χ1n) is 9.52. The van der Waals surface area contributed by atoms with E-state index >= 15 is 0 Å². The monoisotopic (exact) mass is 395 g/mol. The lowest BCUT2D eigenvalue weighted by Crippen LogP contribution is -1.98. The molecule has 0 spiro atoms. The Kier molecular flexibility index (Phi) is 4.98. The summed E-state index contributed by atoms with van der Waals surface area (Å²) in [4.78, 5) is 11.5. The predicted molar refractivity (Wildman–Crippen MR) is 122 cm³/mol. The molecule has 0 saturated heterocycles. The van der Waals surface area contributed by atoms with Crippen molar-refractivity contribution in [1.82, 2.24) is 4.57 Å². The molecule has 0 aliphatic heterocycles. The zero-order chi connectivity index (χ0) is 21.3. The standard InChI is InChI=1S/C26H21NO3/c1-3-4-5-17(2)15-27-16-24(23-14-21(26(29)30)9-11-25(23)27)20-7-6-19-13-22(28)10-8-18(19)12-20/h3-14,16,28H,1-2,15H2,(H,29,30)/b5-4-. The normalized spacial score (nSPS) is 11.3. The van der Waals surface area contributed by atoms with Gasteiger partial charge >= 0.3 is 5.97 Å². The molecule has 0 bridgehead atoms. The lowest BCUT2D eigenvalue weighted by molar-refractivity contribution is 0.0697. The maximum Gasteiger partial charge on any atom is 0.335 e. The fourth-order valence-corrected chi connectivity index (χ4v) is 3.67. The molecule has 30 heavy (non-hydrogen) atoms. The molecule has 0 atom stereocenters. The van der Waals surface area contributed by atoms with Crippen LogP contribution in [-0.2, 0) is 6.54 Å². The van der Waals surface area contributed by atoms with Gasteiger partial charge in [-0.25, -0.2) is 4.79 Å². The molecule has 0 aliphatic carbocycles. The second-order valence-electron chi connectivity index (χ2n) is 7.21. The first-order chi connectivity index (χ1) is 14.5. The molecule has 2 N–H and O–H groups in total. The number of hydrogen-bond donors (Lipinski definition) is 2. The molecule has 3 aromatic carbocycles. The quantitative estimate of drug-likeness (QED) is 0.384. The van der Waals surface area contributed by atoms with E-state index in [4.69, 9.17) is 0 Å². The van der Waals surface area contributed by atoms with Gasteiger partial charge in [-0.05, 0) is 58.3 Å². The second-order valence-corrected chi connectivity index (χ2v) is 7.21. The van der Waals surface area contributed by atoms with Gasteiger partial charge in [0, 0.05) is 29.2 Å². The number of carbonyl (C=O) groups is 1. The van der Waals surface area contributed by atoms with Crippen molar-refractivity contribution >= 4 is 27.6 Å². The largest absolute Gasteiger partial charge is 0.508 e. The lowest BCUT2D eigenvalue weighted by Gasteiger charge is -2.05. The Bertz CT molecular complexity index is 1340. The molecule has 4 heteroatoms. The smallest absolute Gasteiger partial charge is 0.335 e. The van der Waals surface area contributed by atoms with Crippen LogP contribution < -0.4 is 0 Å². The number of benzene rings is 3. The van der Waals surface area contributed by atoms with Crippen LogP contribution in [0.1, 0.15) is 10.4 Å². The number of aromatic nitrogens is 1. The number of rotatable bonds is 6. The van der Waals surface area contributed by atoms with Crippen molar-refractivity contribution in [3.05, 3.63) is 103 Å². The van der Waals surface area contributed by atoms with Crippen LogP contribution in [0.2, 0.25) is 0 Å². The highest BCUT2D eigenvalue weighted by atomic mass is 16.4. The Labute approximate surface area is 174 Å². The van der Waals surface area contributed by atoms with Gasteiger partial charge in [-0.1, -0.05) is 49.6 Å². The highest BCUT2D eigenvalue weighted by molar-refractivity contribution is 6.02. The molecule has 0 fully saturated rings. The van der Waals surface area contributed by atoms with E-state index in [0.717, 1.165) is 38.4 Å². The number of phenolic OH excluding ortho intramolecular Hbond substituents is 1. The van der Waals surface area contributed by atoms with E-state index in [9.17, 15) is 15.0 Å². The maximum atomic E-state index is 11.5. The Balaban J connectivity index is 1.89. The summed E-state index contributed by atoms with van der Waals surface area (Å²) in [5.74, 6) is -0.730. The summed E-state index contributed by atoms with van der Waals surface area (Å²) in [7, 11) is 0. The number of hydrogen-bond acceptors (Lipinski definition) is 2. The third-order valence-electron chi connectivity index (χ3n) is 5.10. The number of carboxylic acid groups (broad SMARTS) is 1. The molecule has 4 aromatic rings. The average molecular weight is 395 g/mol. The van der Waals surface area contributed by atoms with E-state index in [1.807, 2.05) is 48.7 Å². The van der Waals surface area contributed by atoms with Gasteiger partial charge in [0.25, 0.3) is 0 Å². The molecular formula is C26H21NO3. The fourth-order valence-electron chi connectivity index (χ4n) is 3.67. The molecule has 0 unspecified atom stereocenters. The van der Waals surface area contributed by atoms with Crippen LogP contribution in [0.5, 0.6) is 5.75 Å². The Morgan fingerprint density at radius 3 is 2.57 bits per heavy atom. The summed E-state index contributed by atoms with van der Waals surface area (Å²) < 4.78 is 2.08. The van der Waals surface area contributed by atoms with Crippen LogP contribution in [0.3, 0.4) is 0 Å². The molecular weight excluding hydrogens is 374 g/mol. The van der Waals surface area contributed by atoms with Crippen LogP contribution >= 0.6 is 0 Å². The van der Waals surface area contributed by atoms with Gasteiger partial charge in [0.2, 0.25) is 0 Å². The number of aromatic carboxylic acids is 1. The maximum absolute atomic E-state index is 11.5. The van der Waals surface area contributed by atoms with E-state index in [1.54, 1.807) is 30.3 Å². The molecule has 4 nitrogen and oxygen atoms in total. The van der Waals surface area contributed by atoms with Gasteiger partial charge in [0.1, 0.15) is 5.75 Å². The average Bonchev–Trinajstić information content (AvgIpc) is 3.09. The van der Waals surface area contributed by atoms with Gasteiger partial charge < -0.3 is 14.8 Å². The number of carboxylic acids is 1. The zero-order valence-corrected chi connectivity index (χ0v) is 16.4. The lowest BCUT2D eigenvalue weighted by atomic mass is 10.00. The third-order valence-corrected chi connectivity index (χ3v) is 5.10. The van der Waals surface area contributed by atoms with Crippen molar-refractivity contribution in [3.8, 4) is 16.9 Å². The zero-order valence-electron chi connectivity index (χ0n) is 16.4. The topological polar surface area (TPSA) is 62.5 Å². The van der Waals surface area contributed by atoms with Crippen molar-refractivity contribution in [3.63, 3.8) is 0 Å². The summed E-state index contributed by atoms with van der Waals surface area (Å²) >= 11 is 0. The van der Waals surface area contributed by atoms with Crippen LogP contribution in [0.25, 0.3) is 32.8 Å². The van der Waals surface area contributed by atoms with Gasteiger partial charge in [-0.2, -0.15) is 0 Å². The van der Waals surface area contributed by atoms with Crippen molar-refractivity contribution in [1.29, 1.82) is 0 Å². The van der Waals surface area contributed by atoms with Crippen molar-refractivity contribution in [2.24, 2.45) is 0 Å². The Hall–Kier alpha value is -4.05. The van der Waals surface area contributed by atoms with Crippen LogP contribution in [0, 0.1) is 0 Å². The highest BCUT2D eigenvalue weighted by Gasteiger charge is 2.14. The van der Waals surface area contributed by atoms with Crippen molar-refractivity contribution in [2.45, 2.75) is 6.54 Å². The van der Waals surface area contributed by atoms with Gasteiger partial charge in [-0.3, -0.25) is 0 Å². The summed E-state index contributed by atoms with van der Waals surface area (Å²) in [5, 5.41) is 22.0. The summed E-state index contributed by atoms with van der Waals surface area (Å²) in [6.45, 7) is 8.36. The minimum absolute atomic E-state index is 0.226. The molecule has 4 rings (SSSR count). The van der Waals surface area contributed by atoms with Gasteiger partial charge in [-0.15, -0.1) is 0 Å². The van der Waals surface area contributed by atoms with E-state index in [2.05, 4.69) is 17.7 Å². The number of nitrogens with zero attached hydrogens (tertiary/aromatic N) is 1. The highest BCUT2D eigenvalue weighted by Crippen LogP contribution is 2.34. The SMILES string of the molecule is C=C/C=C\C(=C)Cn1cc(-c2ccc3cc(O)ccc3c2)c2cc(C(=O)O)ccc21. The van der Waals surface area contributed by atoms with Crippen molar-refractivity contribution in [2.75, 3.05) is 0 Å². The van der Waals surface area contributed by atoms with E-state index < -0.39 is 5.97 Å².